The van der Waals surface area contributed by atoms with E-state index in [1.54, 1.807) is 7.11 Å². The van der Waals surface area contributed by atoms with Crippen LogP contribution < -0.4 is 10.6 Å². The van der Waals surface area contributed by atoms with Crippen LogP contribution in [0, 0.1) is 12.3 Å². The molecule has 1 aliphatic carbocycles. The number of hydrogen-bond donors (Lipinski definition) is 2. The summed E-state index contributed by atoms with van der Waals surface area (Å²) >= 11 is 0. The standard InChI is InChI=1S/C21H32N6O/c1-16(18-8-6-5-7-9-18)24-20(22-14-19-26-25-17(2)27(19)3)23-15-21(10-11-21)12-13-28-4/h5-9,16H,10-15H2,1-4H3,(H2,22,23,24). The Morgan fingerprint density at radius 3 is 2.64 bits per heavy atom. The quantitative estimate of drug-likeness (QED) is 0.514. The van der Waals surface area contributed by atoms with Crippen LogP contribution in [0.25, 0.3) is 0 Å². The number of hydrogen-bond acceptors (Lipinski definition) is 4. The molecule has 1 atom stereocenters. The molecule has 0 bridgehead atoms. The maximum Gasteiger partial charge on any atom is 0.192 e. The van der Waals surface area contributed by atoms with E-state index in [0.717, 1.165) is 37.2 Å². The molecule has 2 N–H and O–H groups in total. The first-order valence-corrected chi connectivity index (χ1v) is 9.97. The molecule has 0 amide bonds. The van der Waals surface area contributed by atoms with Crippen LogP contribution in [-0.4, -0.2) is 41.0 Å². The molecule has 1 saturated carbocycles. The van der Waals surface area contributed by atoms with Crippen molar-refractivity contribution in [2.45, 2.75) is 45.7 Å². The van der Waals surface area contributed by atoms with Gasteiger partial charge in [-0.1, -0.05) is 30.3 Å². The number of guanidine groups is 1. The fourth-order valence-corrected chi connectivity index (χ4v) is 3.20. The highest BCUT2D eigenvalue weighted by atomic mass is 16.5. The van der Waals surface area contributed by atoms with Crippen LogP contribution in [-0.2, 0) is 18.3 Å². The fourth-order valence-electron chi connectivity index (χ4n) is 3.20. The third-order valence-corrected chi connectivity index (χ3v) is 5.64. The highest BCUT2D eigenvalue weighted by molar-refractivity contribution is 5.80. The van der Waals surface area contributed by atoms with Gasteiger partial charge in [0.2, 0.25) is 0 Å². The smallest absolute Gasteiger partial charge is 0.192 e. The highest BCUT2D eigenvalue weighted by Gasteiger charge is 2.41. The Morgan fingerprint density at radius 2 is 2.04 bits per heavy atom. The van der Waals surface area contributed by atoms with E-state index in [0.29, 0.717) is 12.0 Å². The van der Waals surface area contributed by atoms with Crippen molar-refractivity contribution in [2.24, 2.45) is 17.5 Å². The Balaban J connectivity index is 1.68. The average molecular weight is 385 g/mol. The van der Waals surface area contributed by atoms with E-state index in [1.165, 1.54) is 18.4 Å². The lowest BCUT2D eigenvalue weighted by Gasteiger charge is -2.22. The van der Waals surface area contributed by atoms with Gasteiger partial charge in [-0.15, -0.1) is 10.2 Å². The second-order valence-electron chi connectivity index (χ2n) is 7.76. The molecule has 0 aliphatic heterocycles. The summed E-state index contributed by atoms with van der Waals surface area (Å²) in [6, 6.07) is 10.6. The summed E-state index contributed by atoms with van der Waals surface area (Å²) in [7, 11) is 3.74. The number of nitrogens with one attached hydrogen (secondary N) is 2. The lowest BCUT2D eigenvalue weighted by atomic mass is 10.0. The molecule has 1 aliphatic rings. The number of aromatic nitrogens is 3. The van der Waals surface area contributed by atoms with Gasteiger partial charge in [0, 0.05) is 27.3 Å². The summed E-state index contributed by atoms with van der Waals surface area (Å²) < 4.78 is 7.25. The van der Waals surface area contributed by atoms with Crippen LogP contribution in [0.5, 0.6) is 0 Å². The maximum absolute atomic E-state index is 5.28. The highest BCUT2D eigenvalue weighted by Crippen LogP contribution is 2.48. The Bertz CT molecular complexity index is 781. The second kappa shape index (κ2) is 9.19. The molecule has 0 saturated heterocycles. The van der Waals surface area contributed by atoms with Crippen LogP contribution in [0.15, 0.2) is 35.3 Å². The van der Waals surface area contributed by atoms with E-state index in [1.807, 2.05) is 24.6 Å². The number of aliphatic imine (C=N–C) groups is 1. The molecular formula is C21H32N6O. The first-order valence-electron chi connectivity index (χ1n) is 9.97. The van der Waals surface area contributed by atoms with Gasteiger partial charge in [-0.3, -0.25) is 0 Å². The molecule has 1 unspecified atom stereocenters. The van der Waals surface area contributed by atoms with Gasteiger partial charge in [-0.25, -0.2) is 4.99 Å². The van der Waals surface area contributed by atoms with Gasteiger partial charge >= 0.3 is 0 Å². The van der Waals surface area contributed by atoms with Crippen molar-refractivity contribution in [1.82, 2.24) is 25.4 Å². The van der Waals surface area contributed by atoms with Gasteiger partial charge in [0.05, 0.1) is 6.04 Å². The number of methoxy groups -OCH3 is 1. The van der Waals surface area contributed by atoms with Crippen molar-refractivity contribution >= 4 is 5.96 Å². The molecule has 0 spiro atoms. The first kappa shape index (κ1) is 20.3. The molecule has 1 aromatic carbocycles. The van der Waals surface area contributed by atoms with Crippen LogP contribution in [0.1, 0.15) is 49.4 Å². The van der Waals surface area contributed by atoms with E-state index in [2.05, 4.69) is 52.0 Å². The summed E-state index contributed by atoms with van der Waals surface area (Å²) in [5.74, 6) is 2.55. The summed E-state index contributed by atoms with van der Waals surface area (Å²) in [6.07, 6.45) is 3.57. The number of aryl methyl sites for hydroxylation is 1. The Kier molecular flexibility index (Phi) is 6.67. The van der Waals surface area contributed by atoms with Gasteiger partial charge in [-0.05, 0) is 44.1 Å². The van der Waals surface area contributed by atoms with Crippen molar-refractivity contribution in [3.63, 3.8) is 0 Å². The summed E-state index contributed by atoms with van der Waals surface area (Å²) in [5, 5.41) is 15.4. The number of ether oxygens (including phenoxy) is 1. The van der Waals surface area contributed by atoms with Gasteiger partial charge in [0.1, 0.15) is 12.4 Å². The second-order valence-corrected chi connectivity index (χ2v) is 7.76. The molecule has 7 heteroatoms. The minimum absolute atomic E-state index is 0.155. The predicted molar refractivity (Wildman–Crippen MR) is 111 cm³/mol. The van der Waals surface area contributed by atoms with E-state index in [4.69, 9.17) is 9.73 Å². The van der Waals surface area contributed by atoms with Crippen LogP contribution >= 0.6 is 0 Å². The average Bonchev–Trinajstić information content (AvgIpc) is 3.43. The lowest BCUT2D eigenvalue weighted by molar-refractivity contribution is 0.172. The molecule has 2 aromatic rings. The first-order chi connectivity index (χ1) is 13.5. The van der Waals surface area contributed by atoms with Gasteiger partial charge < -0.3 is 19.9 Å². The third kappa shape index (κ3) is 5.32. The molecule has 3 rings (SSSR count). The fraction of sp³-hybridized carbons (Fsp3) is 0.571. The van der Waals surface area contributed by atoms with Crippen molar-refractivity contribution < 1.29 is 4.74 Å². The van der Waals surface area contributed by atoms with Crippen LogP contribution in [0.4, 0.5) is 0 Å². The maximum atomic E-state index is 5.28. The van der Waals surface area contributed by atoms with Crippen molar-refractivity contribution in [1.29, 1.82) is 0 Å². The number of benzene rings is 1. The Morgan fingerprint density at radius 1 is 1.29 bits per heavy atom. The number of nitrogens with zero attached hydrogens (tertiary/aromatic N) is 4. The van der Waals surface area contributed by atoms with Crippen molar-refractivity contribution in [3.05, 3.63) is 47.5 Å². The largest absolute Gasteiger partial charge is 0.385 e. The summed E-state index contributed by atoms with van der Waals surface area (Å²) in [4.78, 5) is 4.78. The van der Waals surface area contributed by atoms with Crippen molar-refractivity contribution in [2.75, 3.05) is 20.3 Å². The van der Waals surface area contributed by atoms with Crippen molar-refractivity contribution in [3.8, 4) is 0 Å². The van der Waals surface area contributed by atoms with E-state index >= 15 is 0 Å². The van der Waals surface area contributed by atoms with Crippen LogP contribution in [0.3, 0.4) is 0 Å². The zero-order chi connectivity index (χ0) is 20.0. The van der Waals surface area contributed by atoms with E-state index < -0.39 is 0 Å². The van der Waals surface area contributed by atoms with Gasteiger partial charge in [0.15, 0.2) is 11.8 Å². The molecule has 1 heterocycles. The Labute approximate surface area is 167 Å². The summed E-state index contributed by atoms with van der Waals surface area (Å²) in [5.41, 5.74) is 1.57. The molecule has 152 valence electrons. The minimum Gasteiger partial charge on any atom is -0.385 e. The monoisotopic (exact) mass is 384 g/mol. The molecule has 1 aromatic heterocycles. The topological polar surface area (TPSA) is 76.4 Å². The zero-order valence-corrected chi connectivity index (χ0v) is 17.4. The minimum atomic E-state index is 0.155. The SMILES string of the molecule is COCCC1(CNC(=NCc2nnc(C)n2C)NC(C)c2ccccc2)CC1. The molecule has 1 fully saturated rings. The Hall–Kier alpha value is -2.41. The van der Waals surface area contributed by atoms with Gasteiger partial charge in [0.25, 0.3) is 0 Å². The molecule has 7 nitrogen and oxygen atoms in total. The normalized spacial score (nSPS) is 16.6. The van der Waals surface area contributed by atoms with E-state index in [9.17, 15) is 0 Å². The molecule has 28 heavy (non-hydrogen) atoms. The van der Waals surface area contributed by atoms with Crippen LogP contribution in [0.2, 0.25) is 0 Å². The number of rotatable bonds is 9. The predicted octanol–water partition coefficient (Wildman–Crippen LogP) is 2.74. The lowest BCUT2D eigenvalue weighted by Crippen LogP contribution is -2.41. The zero-order valence-electron chi connectivity index (χ0n) is 17.4. The summed E-state index contributed by atoms with van der Waals surface area (Å²) in [6.45, 7) is 6.29. The van der Waals surface area contributed by atoms with E-state index in [-0.39, 0.29) is 6.04 Å². The molecular weight excluding hydrogens is 352 g/mol. The molecule has 0 radical (unpaired) electrons. The third-order valence-electron chi connectivity index (χ3n) is 5.64. The van der Waals surface area contributed by atoms with Gasteiger partial charge in [-0.2, -0.15) is 0 Å².